The first-order chi connectivity index (χ1) is 20.6. The Hall–Kier alpha value is -4.88. The van der Waals surface area contributed by atoms with Crippen LogP contribution in [0, 0.1) is 34.8 Å². The van der Waals surface area contributed by atoms with Gasteiger partial charge in [-0.25, -0.2) is 14.6 Å². The third-order valence-electron chi connectivity index (χ3n) is 6.30. The van der Waals surface area contributed by atoms with E-state index in [4.69, 9.17) is 16.9 Å². The van der Waals surface area contributed by atoms with Crippen molar-refractivity contribution >= 4 is 18.1 Å². The molecule has 4 aromatic rings. The van der Waals surface area contributed by atoms with Crippen molar-refractivity contribution < 1.29 is 22.7 Å². The smallest absolute Gasteiger partial charge is 0.323 e. The number of rotatable bonds is 9. The zero-order valence-corrected chi connectivity index (χ0v) is 23.2. The van der Waals surface area contributed by atoms with E-state index in [1.165, 1.54) is 6.07 Å². The fraction of sp³-hybridized carbons (Fsp3) is 0.129. The number of hydrazone groups is 1. The summed E-state index contributed by atoms with van der Waals surface area (Å²) in [5.74, 6) is 10.5. The molecule has 0 spiro atoms. The summed E-state index contributed by atoms with van der Waals surface area (Å²) in [5.41, 5.74) is -2.40. The van der Waals surface area contributed by atoms with Gasteiger partial charge in [-0.15, -0.1) is 11.8 Å². The van der Waals surface area contributed by atoms with Crippen molar-refractivity contribution in [3.05, 3.63) is 130 Å². The second kappa shape index (κ2) is 13.4. The van der Waals surface area contributed by atoms with Crippen molar-refractivity contribution in [2.24, 2.45) is 16.8 Å². The number of halogens is 4. The van der Waals surface area contributed by atoms with Gasteiger partial charge >= 0.3 is 5.92 Å². The second-order valence-corrected chi connectivity index (χ2v) is 10.3. The van der Waals surface area contributed by atoms with E-state index in [9.17, 15) is 13.9 Å². The molecule has 0 aliphatic rings. The summed E-state index contributed by atoms with van der Waals surface area (Å²) >= 11 is 1.62. The minimum absolute atomic E-state index is 0.311. The molecule has 218 valence electrons. The summed E-state index contributed by atoms with van der Waals surface area (Å²) < 4.78 is 59.8. The first-order valence-electron chi connectivity index (χ1n) is 12.6. The molecule has 1 aromatic heterocycles. The van der Waals surface area contributed by atoms with E-state index in [2.05, 4.69) is 28.0 Å². The molecule has 1 heterocycles. The number of thioether (sulfide) groups is 1. The highest BCUT2D eigenvalue weighted by atomic mass is 32.2. The van der Waals surface area contributed by atoms with Gasteiger partial charge in [0.1, 0.15) is 23.7 Å². The van der Waals surface area contributed by atoms with Crippen LogP contribution in [0.5, 0.6) is 0 Å². The van der Waals surface area contributed by atoms with E-state index in [1.807, 2.05) is 36.4 Å². The normalized spacial score (nSPS) is 12.7. The van der Waals surface area contributed by atoms with Gasteiger partial charge in [0.25, 0.3) is 0 Å². The molecule has 4 rings (SSSR count). The van der Waals surface area contributed by atoms with E-state index >= 15 is 8.78 Å². The third kappa shape index (κ3) is 7.31. The molecule has 12 heteroatoms. The lowest BCUT2D eigenvalue weighted by molar-refractivity contribution is -0.203. The molecule has 1 unspecified atom stereocenters. The number of pyridine rings is 1. The molecule has 5 N–H and O–H groups in total. The van der Waals surface area contributed by atoms with Gasteiger partial charge in [-0.1, -0.05) is 24.0 Å². The Kier molecular flexibility index (Phi) is 9.68. The lowest BCUT2D eigenvalue weighted by Gasteiger charge is -2.37. The average Bonchev–Trinajstić information content (AvgIpc) is 3.00. The van der Waals surface area contributed by atoms with Crippen molar-refractivity contribution in [2.75, 3.05) is 6.54 Å². The largest absolute Gasteiger partial charge is 0.377 e. The Morgan fingerprint density at radius 1 is 0.953 bits per heavy atom. The van der Waals surface area contributed by atoms with E-state index in [1.54, 1.807) is 23.9 Å². The topological polar surface area (TPSA) is 125 Å². The summed E-state index contributed by atoms with van der Waals surface area (Å²) in [6.45, 7) is -1.06. The molecule has 0 saturated heterocycles. The van der Waals surface area contributed by atoms with E-state index in [0.717, 1.165) is 40.9 Å². The van der Waals surface area contributed by atoms with Gasteiger partial charge in [0.15, 0.2) is 5.60 Å². The molecular formula is C31H24F4N6OS. The lowest BCUT2D eigenvalue weighted by atomic mass is 9.84. The van der Waals surface area contributed by atoms with Gasteiger partial charge in [0.2, 0.25) is 0 Å². The number of aromatic nitrogens is 1. The summed E-state index contributed by atoms with van der Waals surface area (Å²) in [5, 5.41) is 23.8. The molecule has 0 amide bonds. The molecule has 43 heavy (non-hydrogen) atoms. The van der Waals surface area contributed by atoms with Crippen LogP contribution in [0.25, 0.3) is 0 Å². The van der Waals surface area contributed by atoms with Crippen LogP contribution in [-0.2, 0) is 17.3 Å². The first kappa shape index (κ1) is 31.1. The fourth-order valence-corrected chi connectivity index (χ4v) is 4.91. The van der Waals surface area contributed by atoms with E-state index in [-0.39, 0.29) is 0 Å². The van der Waals surface area contributed by atoms with Gasteiger partial charge in [-0.2, -0.15) is 19.1 Å². The van der Waals surface area contributed by atoms with Gasteiger partial charge in [0, 0.05) is 39.6 Å². The van der Waals surface area contributed by atoms with Crippen LogP contribution >= 0.6 is 11.8 Å². The zero-order valence-electron chi connectivity index (χ0n) is 22.4. The van der Waals surface area contributed by atoms with Crippen molar-refractivity contribution in [2.45, 2.75) is 22.2 Å². The summed E-state index contributed by atoms with van der Waals surface area (Å²) in [6.07, 6.45) is 1.86. The predicted octanol–water partition coefficient (Wildman–Crippen LogP) is 4.98. The van der Waals surface area contributed by atoms with Gasteiger partial charge in [-0.05, 0) is 66.2 Å². The fourth-order valence-electron chi connectivity index (χ4n) is 4.06. The predicted molar refractivity (Wildman–Crippen MR) is 155 cm³/mol. The molecular weight excluding hydrogens is 580 g/mol. The number of nitrogens with zero attached hydrogens (tertiary/aromatic N) is 4. The number of nitriles is 1. The highest BCUT2D eigenvalue weighted by Crippen LogP contribution is 2.46. The Balaban J connectivity index is 1.50. The molecule has 0 fully saturated rings. The number of alkyl halides is 2. The van der Waals surface area contributed by atoms with Crippen LogP contribution in [0.3, 0.4) is 0 Å². The Morgan fingerprint density at radius 3 is 2.21 bits per heavy atom. The van der Waals surface area contributed by atoms with Gasteiger partial charge in [-0.3, -0.25) is 9.99 Å². The second-order valence-electron chi connectivity index (χ2n) is 9.30. The molecule has 0 saturated carbocycles. The standard InChI is InChI=1S/C31H24F4N6OS/c32-25-10-13-27(28(33)15-25)30(42,19-41(38)20-40-37)31(34,35)29-14-9-23(17-39-29)4-1-21-7-11-26(12-8-21)43-18-24-5-2-22(16-36)3-6-24/h2-3,5-15,17,20,42H,18-19,37-38H2/b40-20-. The van der Waals surface area contributed by atoms with Gasteiger partial charge < -0.3 is 10.9 Å². The van der Waals surface area contributed by atoms with E-state index in [0.29, 0.717) is 33.8 Å². The molecule has 1 atom stereocenters. The molecule has 0 aliphatic carbocycles. The minimum Gasteiger partial charge on any atom is -0.377 e. The monoisotopic (exact) mass is 604 g/mol. The molecule has 3 aromatic carbocycles. The van der Waals surface area contributed by atoms with Crippen LogP contribution in [0.15, 0.2) is 95.1 Å². The average molecular weight is 605 g/mol. The van der Waals surface area contributed by atoms with Crippen molar-refractivity contribution in [3.8, 4) is 17.9 Å². The van der Waals surface area contributed by atoms with Crippen molar-refractivity contribution in [1.82, 2.24) is 9.99 Å². The van der Waals surface area contributed by atoms with Gasteiger partial charge in [0.05, 0.1) is 18.2 Å². The Labute approximate surface area is 249 Å². The first-order valence-corrected chi connectivity index (χ1v) is 13.5. The number of hydrogen-bond acceptors (Lipinski definition) is 7. The Bertz CT molecular complexity index is 1700. The van der Waals surface area contributed by atoms with Crippen LogP contribution < -0.4 is 11.7 Å². The number of benzene rings is 3. The summed E-state index contributed by atoms with van der Waals surface area (Å²) in [7, 11) is 0. The number of nitrogens with two attached hydrogens (primary N) is 2. The maximum atomic E-state index is 15.8. The van der Waals surface area contributed by atoms with Crippen molar-refractivity contribution in [1.29, 1.82) is 5.26 Å². The number of hydrogen-bond donors (Lipinski definition) is 3. The highest BCUT2D eigenvalue weighted by molar-refractivity contribution is 7.98. The van der Waals surface area contributed by atoms with E-state index < -0.39 is 41.0 Å². The molecule has 0 aliphatic heterocycles. The van der Waals surface area contributed by atoms with Crippen LogP contribution in [0.1, 0.15) is 33.5 Å². The van der Waals surface area contributed by atoms with Crippen LogP contribution in [-0.4, -0.2) is 28.0 Å². The quantitative estimate of drug-likeness (QED) is 0.0468. The summed E-state index contributed by atoms with van der Waals surface area (Å²) in [4.78, 5) is 4.80. The maximum Gasteiger partial charge on any atom is 0.323 e. The maximum absolute atomic E-state index is 15.8. The minimum atomic E-state index is -4.21. The lowest BCUT2D eigenvalue weighted by Crippen LogP contribution is -2.53. The van der Waals surface area contributed by atoms with Crippen LogP contribution in [0.2, 0.25) is 0 Å². The Morgan fingerprint density at radius 2 is 1.60 bits per heavy atom. The summed E-state index contributed by atoms with van der Waals surface area (Å²) in [6, 6.07) is 21.0. The molecule has 0 radical (unpaired) electrons. The SMILES string of the molecule is N#Cc1ccc(CSc2ccc(C#Cc3ccc(C(F)(F)C(O)(CN(N)/C=N\N)c4ccc(F)cc4F)nc3)cc2)cc1. The zero-order chi connectivity index (χ0) is 31.0. The van der Waals surface area contributed by atoms with Crippen LogP contribution in [0.4, 0.5) is 17.6 Å². The van der Waals surface area contributed by atoms with Crippen molar-refractivity contribution in [3.63, 3.8) is 0 Å². The molecule has 0 bridgehead atoms. The highest BCUT2D eigenvalue weighted by Gasteiger charge is 2.58. The number of hydrazine groups is 1. The number of aliphatic hydroxyl groups is 1. The third-order valence-corrected chi connectivity index (χ3v) is 7.38. The molecule has 7 nitrogen and oxygen atoms in total.